The Hall–Kier alpha value is -1.43. The second-order valence-electron chi connectivity index (χ2n) is 5.41. The number of benzene rings is 1. The van der Waals surface area contributed by atoms with Crippen LogP contribution in [0.15, 0.2) is 18.2 Å². The molecule has 0 unspecified atom stereocenters. The van der Waals surface area contributed by atoms with Crippen LogP contribution >= 0.6 is 0 Å². The van der Waals surface area contributed by atoms with Crippen LogP contribution < -0.4 is 5.32 Å². The lowest BCUT2D eigenvalue weighted by atomic mass is 9.71. The molecule has 1 N–H and O–H groups in total. The van der Waals surface area contributed by atoms with Crippen molar-refractivity contribution in [3.05, 3.63) is 35.1 Å². The molecule has 1 aromatic rings. The standard InChI is InChI=1S/C15H17F4NO/c1-2-14(5-7-20-8-6-14)13(21)10-3-4-12(16)11(9-10)15(17,18)19/h3-4,9,20H,2,5-8H2,1H3. The summed E-state index contributed by atoms with van der Waals surface area (Å²) in [5.41, 5.74) is -2.09. The summed E-state index contributed by atoms with van der Waals surface area (Å²) in [5.74, 6) is -1.67. The molecule has 21 heavy (non-hydrogen) atoms. The molecule has 0 saturated carbocycles. The summed E-state index contributed by atoms with van der Waals surface area (Å²) in [6, 6.07) is 2.50. The minimum atomic E-state index is -4.80. The molecule has 1 aliphatic rings. The van der Waals surface area contributed by atoms with E-state index in [2.05, 4.69) is 5.32 Å². The lowest BCUT2D eigenvalue weighted by Gasteiger charge is -2.35. The number of alkyl halides is 3. The van der Waals surface area contributed by atoms with Gasteiger partial charge in [-0.3, -0.25) is 4.79 Å². The van der Waals surface area contributed by atoms with Gasteiger partial charge in [-0.2, -0.15) is 13.2 Å². The van der Waals surface area contributed by atoms with Gasteiger partial charge < -0.3 is 5.32 Å². The average Bonchev–Trinajstić information content (AvgIpc) is 2.46. The second-order valence-corrected chi connectivity index (χ2v) is 5.41. The van der Waals surface area contributed by atoms with Crippen LogP contribution in [0.25, 0.3) is 0 Å². The van der Waals surface area contributed by atoms with E-state index >= 15 is 0 Å². The van der Waals surface area contributed by atoms with Gasteiger partial charge in [0.15, 0.2) is 5.78 Å². The predicted octanol–water partition coefficient (Wildman–Crippen LogP) is 3.81. The Kier molecular flexibility index (Phi) is 4.37. The van der Waals surface area contributed by atoms with Crippen molar-refractivity contribution in [3.63, 3.8) is 0 Å². The first kappa shape index (κ1) is 15.9. The SMILES string of the molecule is CCC1(C(=O)c2ccc(F)c(C(F)(F)F)c2)CCNCC1. The van der Waals surface area contributed by atoms with Crippen LogP contribution in [0, 0.1) is 11.2 Å². The maximum atomic E-state index is 13.3. The van der Waals surface area contributed by atoms with Crippen LogP contribution in [0.4, 0.5) is 17.6 Å². The monoisotopic (exact) mass is 303 g/mol. The van der Waals surface area contributed by atoms with E-state index in [1.807, 2.05) is 6.92 Å². The third-order valence-electron chi connectivity index (χ3n) is 4.25. The summed E-state index contributed by atoms with van der Waals surface area (Å²) in [4.78, 5) is 12.6. The maximum Gasteiger partial charge on any atom is 0.419 e. The summed E-state index contributed by atoms with van der Waals surface area (Å²) in [5, 5.41) is 3.13. The zero-order valence-corrected chi connectivity index (χ0v) is 11.7. The van der Waals surface area contributed by atoms with Crippen LogP contribution in [0.1, 0.15) is 42.1 Å². The third-order valence-corrected chi connectivity index (χ3v) is 4.25. The summed E-state index contributed by atoms with van der Waals surface area (Å²) in [7, 11) is 0. The van der Waals surface area contributed by atoms with Gasteiger partial charge >= 0.3 is 6.18 Å². The summed E-state index contributed by atoms with van der Waals surface area (Å²) in [6.45, 7) is 3.18. The number of nitrogens with one attached hydrogen (secondary N) is 1. The normalized spacial score (nSPS) is 18.5. The van der Waals surface area contributed by atoms with Gasteiger partial charge in [0.05, 0.1) is 5.56 Å². The first-order valence-corrected chi connectivity index (χ1v) is 6.92. The van der Waals surface area contributed by atoms with Gasteiger partial charge in [-0.1, -0.05) is 6.92 Å². The van der Waals surface area contributed by atoms with E-state index in [1.165, 1.54) is 0 Å². The molecule has 0 aliphatic carbocycles. The van der Waals surface area contributed by atoms with E-state index in [0.29, 0.717) is 38.4 Å². The number of hydrogen-bond donors (Lipinski definition) is 1. The maximum absolute atomic E-state index is 13.3. The Balaban J connectivity index is 2.39. The fourth-order valence-corrected chi connectivity index (χ4v) is 2.84. The van der Waals surface area contributed by atoms with Crippen molar-refractivity contribution < 1.29 is 22.4 Å². The summed E-state index contributed by atoms with van der Waals surface area (Å²) < 4.78 is 51.6. The Morgan fingerprint density at radius 3 is 2.43 bits per heavy atom. The van der Waals surface area contributed by atoms with Gasteiger partial charge in [-0.25, -0.2) is 4.39 Å². The van der Waals surface area contributed by atoms with Gasteiger partial charge in [0.2, 0.25) is 0 Å². The zero-order valence-electron chi connectivity index (χ0n) is 11.7. The largest absolute Gasteiger partial charge is 0.419 e. The molecule has 1 heterocycles. The van der Waals surface area contributed by atoms with Gasteiger partial charge in [0.1, 0.15) is 5.82 Å². The molecular weight excluding hydrogens is 286 g/mol. The Morgan fingerprint density at radius 2 is 1.90 bits per heavy atom. The second kappa shape index (κ2) is 5.75. The van der Waals surface area contributed by atoms with Gasteiger partial charge in [0.25, 0.3) is 0 Å². The first-order valence-electron chi connectivity index (χ1n) is 6.92. The Bertz CT molecular complexity index is 533. The highest BCUT2D eigenvalue weighted by Crippen LogP contribution is 2.38. The molecular formula is C15H17F4NO. The zero-order chi connectivity index (χ0) is 15.7. The van der Waals surface area contributed by atoms with Crippen molar-refractivity contribution in [1.82, 2.24) is 5.32 Å². The Morgan fingerprint density at radius 1 is 1.29 bits per heavy atom. The molecule has 0 spiro atoms. The molecule has 0 atom stereocenters. The molecule has 2 rings (SSSR count). The van der Waals surface area contributed by atoms with Crippen molar-refractivity contribution in [2.24, 2.45) is 5.41 Å². The highest BCUT2D eigenvalue weighted by molar-refractivity contribution is 6.00. The number of halogens is 4. The fraction of sp³-hybridized carbons (Fsp3) is 0.533. The number of rotatable bonds is 3. The number of ketones is 1. The molecule has 0 radical (unpaired) electrons. The highest BCUT2D eigenvalue weighted by atomic mass is 19.4. The number of piperidine rings is 1. The van der Waals surface area contributed by atoms with Crippen molar-refractivity contribution in [1.29, 1.82) is 0 Å². The van der Waals surface area contributed by atoms with Crippen molar-refractivity contribution in [3.8, 4) is 0 Å². The van der Waals surface area contributed by atoms with E-state index in [4.69, 9.17) is 0 Å². The van der Waals surface area contributed by atoms with Crippen LogP contribution in [0.5, 0.6) is 0 Å². The third kappa shape index (κ3) is 3.10. The van der Waals surface area contributed by atoms with Crippen LogP contribution in [0.3, 0.4) is 0 Å². The molecule has 0 bridgehead atoms. The van der Waals surface area contributed by atoms with Crippen LogP contribution in [-0.4, -0.2) is 18.9 Å². The lowest BCUT2D eigenvalue weighted by molar-refractivity contribution is -0.140. The van der Waals surface area contributed by atoms with Crippen LogP contribution in [-0.2, 0) is 6.18 Å². The quantitative estimate of drug-likeness (QED) is 0.679. The van der Waals surface area contributed by atoms with Gasteiger partial charge in [-0.15, -0.1) is 0 Å². The Labute approximate surface area is 120 Å². The number of carbonyl (C=O) groups is 1. The fourth-order valence-electron chi connectivity index (χ4n) is 2.84. The molecule has 0 amide bonds. The highest BCUT2D eigenvalue weighted by Gasteiger charge is 2.40. The first-order chi connectivity index (χ1) is 9.80. The molecule has 1 fully saturated rings. The molecule has 116 valence electrons. The van der Waals surface area contributed by atoms with E-state index in [0.717, 1.165) is 12.1 Å². The summed E-state index contributed by atoms with van der Waals surface area (Å²) in [6.07, 6.45) is -3.07. The molecule has 2 nitrogen and oxygen atoms in total. The topological polar surface area (TPSA) is 29.1 Å². The smallest absolute Gasteiger partial charge is 0.317 e. The van der Waals surface area contributed by atoms with Gasteiger partial charge in [-0.05, 0) is 50.6 Å². The van der Waals surface area contributed by atoms with E-state index in [-0.39, 0.29) is 11.3 Å². The van der Waals surface area contributed by atoms with Gasteiger partial charge in [0, 0.05) is 11.0 Å². The lowest BCUT2D eigenvalue weighted by Crippen LogP contribution is -2.41. The summed E-state index contributed by atoms with van der Waals surface area (Å²) >= 11 is 0. The molecule has 6 heteroatoms. The predicted molar refractivity (Wildman–Crippen MR) is 70.6 cm³/mol. The van der Waals surface area contributed by atoms with Crippen LogP contribution in [0.2, 0.25) is 0 Å². The molecule has 1 saturated heterocycles. The van der Waals surface area contributed by atoms with Crippen molar-refractivity contribution >= 4 is 5.78 Å². The molecule has 1 aliphatic heterocycles. The number of Topliss-reactive ketones (excluding diaryl/α,β-unsaturated/α-hetero) is 1. The minimum absolute atomic E-state index is 0.0625. The van der Waals surface area contributed by atoms with E-state index in [1.54, 1.807) is 0 Å². The molecule has 1 aromatic carbocycles. The van der Waals surface area contributed by atoms with E-state index < -0.39 is 23.0 Å². The average molecular weight is 303 g/mol. The van der Waals surface area contributed by atoms with Crippen molar-refractivity contribution in [2.75, 3.05) is 13.1 Å². The number of hydrogen-bond acceptors (Lipinski definition) is 2. The minimum Gasteiger partial charge on any atom is -0.317 e. The van der Waals surface area contributed by atoms with Crippen molar-refractivity contribution in [2.45, 2.75) is 32.4 Å². The number of carbonyl (C=O) groups excluding carboxylic acids is 1. The molecule has 0 aromatic heterocycles. The van der Waals surface area contributed by atoms with E-state index in [9.17, 15) is 22.4 Å².